The Hall–Kier alpha value is -0.570. The molecule has 0 atom stereocenters. The summed E-state index contributed by atoms with van der Waals surface area (Å²) in [6.45, 7) is 2.20. The summed E-state index contributed by atoms with van der Waals surface area (Å²) in [6, 6.07) is 0. The van der Waals surface area contributed by atoms with E-state index in [0.717, 1.165) is 12.8 Å². The number of aliphatic carboxylic acids is 1. The Labute approximate surface area is 97.9 Å². The van der Waals surface area contributed by atoms with E-state index in [4.69, 9.17) is 5.11 Å². The van der Waals surface area contributed by atoms with Crippen molar-refractivity contribution in [1.82, 2.24) is 0 Å². The summed E-state index contributed by atoms with van der Waals surface area (Å²) in [4.78, 5) is 10.6. The van der Waals surface area contributed by atoms with Gasteiger partial charge in [-0.25, -0.2) is 0 Å². The number of hydrogen-bond acceptors (Lipinski definition) is 2. The first-order valence-electron chi connectivity index (χ1n) is 6.50. The Morgan fingerprint density at radius 3 is 2.44 bits per heavy atom. The molecule has 0 heterocycles. The topological polar surface area (TPSA) is 57.5 Å². The van der Waals surface area contributed by atoms with Crippen molar-refractivity contribution >= 4 is 5.97 Å². The van der Waals surface area contributed by atoms with Crippen molar-refractivity contribution in [1.29, 1.82) is 0 Å². The fourth-order valence-corrected chi connectivity index (χ4v) is 2.64. The summed E-state index contributed by atoms with van der Waals surface area (Å²) in [5.41, 5.74) is -0.924. The number of carbonyl (C=O) groups is 1. The normalized spacial score (nSPS) is 30.2. The van der Waals surface area contributed by atoms with Gasteiger partial charge in [0.1, 0.15) is 0 Å². The van der Waals surface area contributed by atoms with Crippen LogP contribution in [0.4, 0.5) is 0 Å². The Morgan fingerprint density at radius 2 is 1.94 bits per heavy atom. The highest BCUT2D eigenvalue weighted by molar-refractivity contribution is 5.68. The lowest BCUT2D eigenvalue weighted by Gasteiger charge is -2.35. The molecule has 1 rings (SSSR count). The average Bonchev–Trinajstić information content (AvgIpc) is 2.20. The molecule has 0 aromatic rings. The van der Waals surface area contributed by atoms with E-state index in [2.05, 4.69) is 6.92 Å². The van der Waals surface area contributed by atoms with Crippen LogP contribution in [0.5, 0.6) is 0 Å². The van der Waals surface area contributed by atoms with Gasteiger partial charge in [-0.3, -0.25) is 4.79 Å². The van der Waals surface area contributed by atoms with Crippen LogP contribution in [0.2, 0.25) is 0 Å². The van der Waals surface area contributed by atoms with E-state index >= 15 is 0 Å². The van der Waals surface area contributed by atoms with Crippen LogP contribution < -0.4 is 0 Å². The van der Waals surface area contributed by atoms with Crippen molar-refractivity contribution < 1.29 is 15.0 Å². The molecule has 1 aliphatic rings. The summed E-state index contributed by atoms with van der Waals surface area (Å²) in [5.74, 6) is -0.174. The van der Waals surface area contributed by atoms with E-state index in [1.54, 1.807) is 0 Å². The van der Waals surface area contributed by atoms with E-state index in [1.165, 1.54) is 25.7 Å². The Morgan fingerprint density at radius 1 is 1.31 bits per heavy atom. The number of carboxylic acid groups (broad SMARTS) is 1. The molecule has 0 amide bonds. The molecule has 3 nitrogen and oxygen atoms in total. The third-order valence-electron chi connectivity index (χ3n) is 3.73. The molecule has 0 saturated heterocycles. The SMILES string of the molecule is CCCCCC1CCC(O)(CC(=O)O)CC1. The monoisotopic (exact) mass is 228 g/mol. The fourth-order valence-electron chi connectivity index (χ4n) is 2.64. The van der Waals surface area contributed by atoms with Crippen LogP contribution in [0.1, 0.15) is 64.7 Å². The van der Waals surface area contributed by atoms with Crippen molar-refractivity contribution in [2.24, 2.45) is 5.92 Å². The molecule has 0 aromatic carbocycles. The van der Waals surface area contributed by atoms with Crippen LogP contribution in [0.15, 0.2) is 0 Å². The van der Waals surface area contributed by atoms with Gasteiger partial charge in [0.25, 0.3) is 0 Å². The van der Waals surface area contributed by atoms with E-state index in [9.17, 15) is 9.90 Å². The maximum atomic E-state index is 10.6. The minimum absolute atomic E-state index is 0.0886. The molecule has 16 heavy (non-hydrogen) atoms. The minimum atomic E-state index is -0.924. The summed E-state index contributed by atoms with van der Waals surface area (Å²) < 4.78 is 0. The molecular formula is C13H24O3. The quantitative estimate of drug-likeness (QED) is 0.687. The number of rotatable bonds is 6. The summed E-state index contributed by atoms with van der Waals surface area (Å²) >= 11 is 0. The van der Waals surface area contributed by atoms with Gasteiger partial charge in [-0.2, -0.15) is 0 Å². The van der Waals surface area contributed by atoms with Gasteiger partial charge >= 0.3 is 5.97 Å². The molecule has 0 aliphatic heterocycles. The van der Waals surface area contributed by atoms with Crippen molar-refractivity contribution in [2.45, 2.75) is 70.3 Å². The number of carboxylic acids is 1. The largest absolute Gasteiger partial charge is 0.481 e. The molecule has 0 spiro atoms. The number of aliphatic hydroxyl groups is 1. The zero-order chi connectivity index (χ0) is 12.0. The molecule has 94 valence electrons. The zero-order valence-corrected chi connectivity index (χ0v) is 10.2. The van der Waals surface area contributed by atoms with Crippen molar-refractivity contribution in [3.05, 3.63) is 0 Å². The Bertz CT molecular complexity index is 217. The minimum Gasteiger partial charge on any atom is -0.481 e. The van der Waals surface area contributed by atoms with Crippen molar-refractivity contribution in [3.63, 3.8) is 0 Å². The van der Waals surface area contributed by atoms with Crippen molar-refractivity contribution in [3.8, 4) is 0 Å². The first-order chi connectivity index (χ1) is 7.56. The van der Waals surface area contributed by atoms with Gasteiger partial charge in [0.15, 0.2) is 0 Å². The molecule has 1 saturated carbocycles. The second kappa shape index (κ2) is 6.24. The zero-order valence-electron chi connectivity index (χ0n) is 10.2. The molecule has 1 aliphatic carbocycles. The summed E-state index contributed by atoms with van der Waals surface area (Å²) in [6.07, 6.45) is 8.28. The number of unbranched alkanes of at least 4 members (excludes halogenated alkanes) is 2. The molecule has 0 aromatic heterocycles. The van der Waals surface area contributed by atoms with Crippen LogP contribution >= 0.6 is 0 Å². The molecule has 2 N–H and O–H groups in total. The van der Waals surface area contributed by atoms with Gasteiger partial charge in [-0.05, 0) is 31.6 Å². The lowest BCUT2D eigenvalue weighted by Crippen LogP contribution is -2.36. The molecule has 0 unspecified atom stereocenters. The summed E-state index contributed by atoms with van der Waals surface area (Å²) in [5, 5.41) is 18.8. The lowest BCUT2D eigenvalue weighted by atomic mass is 9.75. The van der Waals surface area contributed by atoms with E-state index in [1.807, 2.05) is 0 Å². The maximum Gasteiger partial charge on any atom is 0.306 e. The van der Waals surface area contributed by atoms with Gasteiger partial charge in [0.05, 0.1) is 12.0 Å². The first-order valence-corrected chi connectivity index (χ1v) is 6.50. The second-order valence-corrected chi connectivity index (χ2v) is 5.23. The molecule has 0 radical (unpaired) electrons. The van der Waals surface area contributed by atoms with Crippen LogP contribution in [-0.4, -0.2) is 21.8 Å². The van der Waals surface area contributed by atoms with Crippen LogP contribution in [0, 0.1) is 5.92 Å². The third kappa shape index (κ3) is 4.52. The molecule has 3 heteroatoms. The van der Waals surface area contributed by atoms with Crippen LogP contribution in [-0.2, 0) is 4.79 Å². The van der Waals surface area contributed by atoms with Crippen LogP contribution in [0.3, 0.4) is 0 Å². The summed E-state index contributed by atoms with van der Waals surface area (Å²) in [7, 11) is 0. The van der Waals surface area contributed by atoms with Gasteiger partial charge in [-0.1, -0.05) is 32.6 Å². The highest BCUT2D eigenvalue weighted by atomic mass is 16.4. The van der Waals surface area contributed by atoms with Gasteiger partial charge < -0.3 is 10.2 Å². The molecule has 0 bridgehead atoms. The first kappa shape index (κ1) is 13.5. The highest BCUT2D eigenvalue weighted by Gasteiger charge is 2.34. The van der Waals surface area contributed by atoms with Gasteiger partial charge in [0, 0.05) is 0 Å². The predicted octanol–water partition coefficient (Wildman–Crippen LogP) is 2.96. The fraction of sp³-hybridized carbons (Fsp3) is 0.923. The molecule has 1 fully saturated rings. The lowest BCUT2D eigenvalue weighted by molar-refractivity contribution is -0.144. The Balaban J connectivity index is 2.24. The standard InChI is InChI=1S/C13H24O3/c1-2-3-4-5-11-6-8-13(16,9-7-11)10-12(14)15/h11,16H,2-10H2,1H3,(H,14,15). The third-order valence-corrected chi connectivity index (χ3v) is 3.73. The van der Waals surface area contributed by atoms with Gasteiger partial charge in [-0.15, -0.1) is 0 Å². The predicted molar refractivity (Wildman–Crippen MR) is 63.3 cm³/mol. The van der Waals surface area contributed by atoms with E-state index in [-0.39, 0.29) is 6.42 Å². The Kier molecular flexibility index (Phi) is 5.26. The number of hydrogen-bond donors (Lipinski definition) is 2. The van der Waals surface area contributed by atoms with Crippen molar-refractivity contribution in [2.75, 3.05) is 0 Å². The smallest absolute Gasteiger partial charge is 0.306 e. The maximum absolute atomic E-state index is 10.6. The van der Waals surface area contributed by atoms with Gasteiger partial charge in [0.2, 0.25) is 0 Å². The van der Waals surface area contributed by atoms with E-state index in [0.29, 0.717) is 18.8 Å². The van der Waals surface area contributed by atoms with E-state index < -0.39 is 11.6 Å². The molecular weight excluding hydrogens is 204 g/mol. The second-order valence-electron chi connectivity index (χ2n) is 5.23. The highest BCUT2D eigenvalue weighted by Crippen LogP contribution is 2.36. The van der Waals surface area contributed by atoms with Crippen LogP contribution in [0.25, 0.3) is 0 Å². The average molecular weight is 228 g/mol.